The highest BCUT2D eigenvalue weighted by Gasteiger charge is 2.32. The first-order valence-electron chi connectivity index (χ1n) is 8.21. The molecule has 0 spiro atoms. The summed E-state index contributed by atoms with van der Waals surface area (Å²) < 4.78 is 5.39. The fourth-order valence-corrected chi connectivity index (χ4v) is 2.74. The van der Waals surface area contributed by atoms with Crippen molar-refractivity contribution in [2.75, 3.05) is 0 Å². The van der Waals surface area contributed by atoms with Crippen LogP contribution in [0.4, 0.5) is 0 Å². The number of benzene rings is 1. The van der Waals surface area contributed by atoms with Gasteiger partial charge >= 0.3 is 0 Å². The lowest BCUT2D eigenvalue weighted by atomic mass is 10.0. The minimum absolute atomic E-state index is 0.117. The molecule has 1 aromatic carbocycles. The van der Waals surface area contributed by atoms with Crippen LogP contribution in [0.5, 0.6) is 0 Å². The van der Waals surface area contributed by atoms with Gasteiger partial charge in [0, 0.05) is 11.3 Å². The van der Waals surface area contributed by atoms with Gasteiger partial charge in [0.1, 0.15) is 6.04 Å². The van der Waals surface area contributed by atoms with E-state index in [2.05, 4.69) is 25.7 Å². The molecule has 1 saturated carbocycles. The molecule has 7 nitrogen and oxygen atoms in total. The smallest absolute Gasteiger partial charge is 0.273 e. The van der Waals surface area contributed by atoms with Gasteiger partial charge in [-0.25, -0.2) is 0 Å². The predicted molar refractivity (Wildman–Crippen MR) is 87.4 cm³/mol. The van der Waals surface area contributed by atoms with Gasteiger partial charge in [-0.15, -0.1) is 0 Å². The maximum absolute atomic E-state index is 12.7. The largest absolute Gasteiger partial charge is 0.339 e. The third-order valence-corrected chi connectivity index (χ3v) is 4.30. The predicted octanol–water partition coefficient (Wildman–Crippen LogP) is 2.95. The minimum Gasteiger partial charge on any atom is -0.339 e. The van der Waals surface area contributed by atoms with E-state index in [1.54, 1.807) is 0 Å². The van der Waals surface area contributed by atoms with E-state index in [4.69, 9.17) is 4.52 Å². The van der Waals surface area contributed by atoms with Gasteiger partial charge in [-0.3, -0.25) is 9.89 Å². The maximum atomic E-state index is 12.7. The third kappa shape index (κ3) is 2.66. The first-order valence-corrected chi connectivity index (χ1v) is 8.21. The Bertz CT molecular complexity index is 878. The molecule has 2 aromatic heterocycles. The molecule has 2 heterocycles. The van der Waals surface area contributed by atoms with Crippen molar-refractivity contribution in [1.82, 2.24) is 25.7 Å². The van der Waals surface area contributed by atoms with Gasteiger partial charge in [-0.2, -0.15) is 10.1 Å². The zero-order valence-corrected chi connectivity index (χ0v) is 13.6. The number of fused-ring (bicyclic) bond motifs is 1. The number of aromatic nitrogens is 4. The number of rotatable bonds is 5. The summed E-state index contributed by atoms with van der Waals surface area (Å²) in [5.74, 6) is 1.49. The fourth-order valence-electron chi connectivity index (χ4n) is 2.74. The standard InChI is InChI=1S/C17H19N5O2/c1-9(2)13(17-19-15(22-24-17)10-7-8-10)18-16(23)14-11-5-3-4-6-12(11)20-21-14/h3-6,9-10,13H,7-8H2,1-2H3,(H,18,23)(H,20,21)/t13-/m1/s1. The van der Waals surface area contributed by atoms with Gasteiger partial charge in [0.2, 0.25) is 5.89 Å². The Morgan fingerprint density at radius 2 is 2.12 bits per heavy atom. The molecule has 24 heavy (non-hydrogen) atoms. The Morgan fingerprint density at radius 1 is 1.33 bits per heavy atom. The van der Waals surface area contributed by atoms with E-state index in [9.17, 15) is 4.79 Å². The summed E-state index contributed by atoms with van der Waals surface area (Å²) in [5.41, 5.74) is 1.20. The summed E-state index contributed by atoms with van der Waals surface area (Å²) in [6.45, 7) is 4.02. The van der Waals surface area contributed by atoms with Gasteiger partial charge in [0.25, 0.3) is 5.91 Å². The van der Waals surface area contributed by atoms with Crippen molar-refractivity contribution in [3.8, 4) is 0 Å². The molecule has 1 aliphatic rings. The molecule has 0 unspecified atom stereocenters. The number of hydrogen-bond acceptors (Lipinski definition) is 5. The van der Waals surface area contributed by atoms with Crippen molar-refractivity contribution in [3.63, 3.8) is 0 Å². The lowest BCUT2D eigenvalue weighted by Crippen LogP contribution is -2.32. The molecule has 1 fully saturated rings. The quantitative estimate of drug-likeness (QED) is 0.751. The summed E-state index contributed by atoms with van der Waals surface area (Å²) in [5, 5.41) is 14.8. The maximum Gasteiger partial charge on any atom is 0.273 e. The first-order chi connectivity index (χ1) is 11.6. The van der Waals surface area contributed by atoms with Crippen LogP contribution in [0.15, 0.2) is 28.8 Å². The van der Waals surface area contributed by atoms with Crippen LogP contribution in [0.25, 0.3) is 10.9 Å². The number of nitrogens with zero attached hydrogens (tertiary/aromatic N) is 3. The average molecular weight is 325 g/mol. The van der Waals surface area contributed by atoms with Crippen molar-refractivity contribution in [2.24, 2.45) is 5.92 Å². The number of carbonyl (C=O) groups is 1. The van der Waals surface area contributed by atoms with Gasteiger partial charge in [0.15, 0.2) is 11.5 Å². The molecule has 1 amide bonds. The average Bonchev–Trinajstić information content (AvgIpc) is 3.16. The second-order valence-electron chi connectivity index (χ2n) is 6.58. The molecule has 1 aliphatic carbocycles. The van der Waals surface area contributed by atoms with Crippen LogP contribution >= 0.6 is 0 Å². The lowest BCUT2D eigenvalue weighted by Gasteiger charge is -2.17. The Hall–Kier alpha value is -2.70. The Balaban J connectivity index is 1.59. The van der Waals surface area contributed by atoms with E-state index in [1.807, 2.05) is 38.1 Å². The molecule has 0 saturated heterocycles. The monoisotopic (exact) mass is 325 g/mol. The van der Waals surface area contributed by atoms with Gasteiger partial charge in [-0.05, 0) is 24.8 Å². The zero-order chi connectivity index (χ0) is 16.7. The molecule has 124 valence electrons. The van der Waals surface area contributed by atoms with Crippen molar-refractivity contribution >= 4 is 16.8 Å². The molecule has 0 aliphatic heterocycles. The highest BCUT2D eigenvalue weighted by molar-refractivity contribution is 6.04. The Morgan fingerprint density at radius 3 is 2.88 bits per heavy atom. The van der Waals surface area contributed by atoms with E-state index in [1.165, 1.54) is 0 Å². The molecule has 3 aromatic rings. The second-order valence-corrected chi connectivity index (χ2v) is 6.58. The fraction of sp³-hybridized carbons (Fsp3) is 0.412. The van der Waals surface area contributed by atoms with Gasteiger partial charge in [0.05, 0.1) is 5.52 Å². The minimum atomic E-state index is -0.340. The highest BCUT2D eigenvalue weighted by Crippen LogP contribution is 2.38. The van der Waals surface area contributed by atoms with Crippen molar-refractivity contribution in [2.45, 2.75) is 38.6 Å². The lowest BCUT2D eigenvalue weighted by molar-refractivity contribution is 0.0910. The van der Waals surface area contributed by atoms with E-state index < -0.39 is 0 Å². The van der Waals surface area contributed by atoms with Crippen LogP contribution in [0, 0.1) is 5.92 Å². The van der Waals surface area contributed by atoms with Gasteiger partial charge in [-0.1, -0.05) is 37.2 Å². The molecule has 0 radical (unpaired) electrons. The summed E-state index contributed by atoms with van der Waals surface area (Å²) in [6, 6.07) is 7.20. The number of para-hydroxylation sites is 1. The summed E-state index contributed by atoms with van der Waals surface area (Å²) >= 11 is 0. The Labute approximate surface area is 138 Å². The van der Waals surface area contributed by atoms with Crippen LogP contribution in [0.3, 0.4) is 0 Å². The normalized spacial score (nSPS) is 15.8. The highest BCUT2D eigenvalue weighted by atomic mass is 16.5. The van der Waals surface area contributed by atoms with Crippen LogP contribution in [0.1, 0.15) is 60.9 Å². The summed E-state index contributed by atoms with van der Waals surface area (Å²) in [4.78, 5) is 17.1. The molecule has 0 bridgehead atoms. The topological polar surface area (TPSA) is 96.7 Å². The first kappa shape index (κ1) is 14.9. The molecule has 4 rings (SSSR count). The Kier molecular flexibility index (Phi) is 3.55. The number of amides is 1. The van der Waals surface area contributed by atoms with E-state index >= 15 is 0 Å². The molecule has 2 N–H and O–H groups in total. The van der Waals surface area contributed by atoms with Crippen LogP contribution in [-0.2, 0) is 0 Å². The molecular weight excluding hydrogens is 306 g/mol. The molecule has 1 atom stereocenters. The number of aromatic amines is 1. The zero-order valence-electron chi connectivity index (χ0n) is 13.6. The van der Waals surface area contributed by atoms with Crippen molar-refractivity contribution < 1.29 is 9.32 Å². The SMILES string of the molecule is CC(C)[C@@H](NC(=O)c1n[nH]c2ccccc12)c1nc(C2CC2)no1. The van der Waals surface area contributed by atoms with Crippen LogP contribution < -0.4 is 5.32 Å². The number of nitrogens with one attached hydrogen (secondary N) is 2. The summed E-state index contributed by atoms with van der Waals surface area (Å²) in [6.07, 6.45) is 2.22. The number of hydrogen-bond donors (Lipinski definition) is 2. The van der Waals surface area contributed by atoms with Crippen molar-refractivity contribution in [1.29, 1.82) is 0 Å². The van der Waals surface area contributed by atoms with Gasteiger partial charge < -0.3 is 9.84 Å². The second kappa shape index (κ2) is 5.74. The number of H-pyrrole nitrogens is 1. The van der Waals surface area contributed by atoms with E-state index in [0.29, 0.717) is 17.5 Å². The third-order valence-electron chi connectivity index (χ3n) is 4.30. The molecule has 7 heteroatoms. The number of carbonyl (C=O) groups excluding carboxylic acids is 1. The van der Waals surface area contributed by atoms with Crippen LogP contribution in [0.2, 0.25) is 0 Å². The summed E-state index contributed by atoms with van der Waals surface area (Å²) in [7, 11) is 0. The van der Waals surface area contributed by atoms with E-state index in [-0.39, 0.29) is 17.9 Å². The van der Waals surface area contributed by atoms with E-state index in [0.717, 1.165) is 29.6 Å². The molecular formula is C17H19N5O2. The van der Waals surface area contributed by atoms with Crippen molar-refractivity contribution in [3.05, 3.63) is 41.7 Å². The van der Waals surface area contributed by atoms with Crippen LogP contribution in [-0.4, -0.2) is 26.2 Å².